The normalized spacial score (nSPS) is 12.7. The van der Waals surface area contributed by atoms with Crippen LogP contribution >= 0.6 is 0 Å². The van der Waals surface area contributed by atoms with Crippen molar-refractivity contribution in [2.24, 2.45) is 0 Å². The molecule has 2 heterocycles. The van der Waals surface area contributed by atoms with Gasteiger partial charge in [-0.1, -0.05) is 0 Å². The maximum Gasteiger partial charge on any atom is 0.244 e. The lowest BCUT2D eigenvalue weighted by Gasteiger charge is -2.09. The molecule has 0 fully saturated rings. The van der Waals surface area contributed by atoms with Gasteiger partial charge in [-0.3, -0.25) is 14.2 Å². The fraction of sp³-hybridized carbons (Fsp3) is 0.400. The minimum atomic E-state index is -0.141. The topological polar surface area (TPSA) is 64.7 Å². The molecule has 0 spiro atoms. The van der Waals surface area contributed by atoms with Crippen molar-refractivity contribution >= 4 is 12.0 Å². The SMILES string of the molecule is CCn1cc(/C=C/C(=O)NC(C)c2ccn(CC)n2)cn1. The molecule has 2 aromatic rings. The zero-order chi connectivity index (χ0) is 15.2. The third-order valence-electron chi connectivity index (χ3n) is 3.19. The number of nitrogens with zero attached hydrogens (tertiary/aromatic N) is 4. The molecule has 2 aromatic heterocycles. The van der Waals surface area contributed by atoms with E-state index in [9.17, 15) is 4.79 Å². The van der Waals surface area contributed by atoms with Crippen molar-refractivity contribution < 1.29 is 4.79 Å². The van der Waals surface area contributed by atoms with Crippen LogP contribution in [-0.2, 0) is 17.9 Å². The monoisotopic (exact) mass is 287 g/mol. The van der Waals surface area contributed by atoms with Gasteiger partial charge in [0, 0.05) is 37.1 Å². The fourth-order valence-electron chi connectivity index (χ4n) is 1.93. The van der Waals surface area contributed by atoms with E-state index in [1.165, 1.54) is 6.08 Å². The average Bonchev–Trinajstić information content (AvgIpc) is 3.13. The molecule has 2 rings (SSSR count). The Labute approximate surface area is 124 Å². The standard InChI is InChI=1S/C15H21N5O/c1-4-19-9-8-14(18-19)12(3)17-15(21)7-6-13-10-16-20(5-2)11-13/h6-12H,4-5H2,1-3H3,(H,17,21)/b7-6+. The van der Waals surface area contributed by atoms with Gasteiger partial charge in [0.1, 0.15) is 0 Å². The molecule has 0 radical (unpaired) electrons. The molecular weight excluding hydrogens is 266 g/mol. The molecule has 0 bridgehead atoms. The van der Waals surface area contributed by atoms with E-state index < -0.39 is 0 Å². The maximum atomic E-state index is 11.9. The van der Waals surface area contributed by atoms with Gasteiger partial charge >= 0.3 is 0 Å². The number of carbonyl (C=O) groups is 1. The van der Waals surface area contributed by atoms with Crippen molar-refractivity contribution in [3.05, 3.63) is 42.0 Å². The summed E-state index contributed by atoms with van der Waals surface area (Å²) >= 11 is 0. The molecule has 1 N–H and O–H groups in total. The van der Waals surface area contributed by atoms with Crippen molar-refractivity contribution in [1.82, 2.24) is 24.9 Å². The fourth-order valence-corrected chi connectivity index (χ4v) is 1.93. The van der Waals surface area contributed by atoms with Gasteiger partial charge in [-0.15, -0.1) is 0 Å². The van der Waals surface area contributed by atoms with E-state index >= 15 is 0 Å². The minimum Gasteiger partial charge on any atom is -0.344 e. The Hall–Kier alpha value is -2.37. The number of amides is 1. The first kappa shape index (κ1) is 15.0. The summed E-state index contributed by atoms with van der Waals surface area (Å²) in [5, 5.41) is 11.4. The highest BCUT2D eigenvalue weighted by molar-refractivity contribution is 5.91. The van der Waals surface area contributed by atoms with Crippen molar-refractivity contribution in [3.63, 3.8) is 0 Å². The van der Waals surface area contributed by atoms with E-state index in [0.29, 0.717) is 0 Å². The van der Waals surface area contributed by atoms with Crippen LogP contribution in [0.2, 0.25) is 0 Å². The van der Waals surface area contributed by atoms with Gasteiger partial charge in [-0.2, -0.15) is 10.2 Å². The second kappa shape index (κ2) is 6.88. The second-order valence-corrected chi connectivity index (χ2v) is 4.79. The molecule has 6 heteroatoms. The van der Waals surface area contributed by atoms with Crippen molar-refractivity contribution in [2.45, 2.75) is 39.9 Å². The van der Waals surface area contributed by atoms with E-state index in [2.05, 4.69) is 15.5 Å². The first-order valence-electron chi connectivity index (χ1n) is 7.16. The molecule has 1 unspecified atom stereocenters. The maximum absolute atomic E-state index is 11.9. The predicted molar refractivity (Wildman–Crippen MR) is 81.4 cm³/mol. The van der Waals surface area contributed by atoms with E-state index in [1.54, 1.807) is 12.3 Å². The molecule has 0 saturated carbocycles. The number of carbonyl (C=O) groups excluding carboxylic acids is 1. The molecule has 0 aromatic carbocycles. The molecule has 0 aliphatic rings. The summed E-state index contributed by atoms with van der Waals surface area (Å²) < 4.78 is 3.66. The van der Waals surface area contributed by atoms with Crippen LogP contribution in [0.1, 0.15) is 38.1 Å². The highest BCUT2D eigenvalue weighted by atomic mass is 16.1. The van der Waals surface area contributed by atoms with Crippen LogP contribution in [0.5, 0.6) is 0 Å². The van der Waals surface area contributed by atoms with E-state index in [-0.39, 0.29) is 11.9 Å². The van der Waals surface area contributed by atoms with Gasteiger partial charge in [0.05, 0.1) is 17.9 Å². The third kappa shape index (κ3) is 4.05. The van der Waals surface area contributed by atoms with Crippen LogP contribution in [0.25, 0.3) is 6.08 Å². The molecule has 1 amide bonds. The summed E-state index contributed by atoms with van der Waals surface area (Å²) in [6.45, 7) is 7.60. The first-order valence-corrected chi connectivity index (χ1v) is 7.16. The molecular formula is C15H21N5O. The van der Waals surface area contributed by atoms with E-state index in [4.69, 9.17) is 0 Å². The van der Waals surface area contributed by atoms with Gasteiger partial charge in [0.15, 0.2) is 0 Å². The zero-order valence-corrected chi connectivity index (χ0v) is 12.7. The van der Waals surface area contributed by atoms with Crippen LogP contribution in [-0.4, -0.2) is 25.5 Å². The Bertz CT molecular complexity index is 626. The highest BCUT2D eigenvalue weighted by Crippen LogP contribution is 2.09. The molecule has 0 aliphatic heterocycles. The lowest BCUT2D eigenvalue weighted by atomic mass is 10.2. The Morgan fingerprint density at radius 2 is 2.14 bits per heavy atom. The zero-order valence-electron chi connectivity index (χ0n) is 12.7. The largest absolute Gasteiger partial charge is 0.344 e. The average molecular weight is 287 g/mol. The van der Waals surface area contributed by atoms with E-state index in [0.717, 1.165) is 24.3 Å². The summed E-state index contributed by atoms with van der Waals surface area (Å²) in [7, 11) is 0. The highest BCUT2D eigenvalue weighted by Gasteiger charge is 2.10. The minimum absolute atomic E-state index is 0.117. The Morgan fingerprint density at radius 3 is 2.76 bits per heavy atom. The number of hydrogen-bond donors (Lipinski definition) is 1. The molecule has 21 heavy (non-hydrogen) atoms. The summed E-state index contributed by atoms with van der Waals surface area (Å²) in [6.07, 6.45) is 8.82. The Morgan fingerprint density at radius 1 is 1.38 bits per heavy atom. The van der Waals surface area contributed by atoms with Gasteiger partial charge in [-0.05, 0) is 32.9 Å². The molecule has 112 valence electrons. The number of rotatable bonds is 6. The van der Waals surface area contributed by atoms with Crippen molar-refractivity contribution in [1.29, 1.82) is 0 Å². The van der Waals surface area contributed by atoms with Gasteiger partial charge in [-0.25, -0.2) is 0 Å². The number of aryl methyl sites for hydroxylation is 2. The number of aromatic nitrogens is 4. The van der Waals surface area contributed by atoms with E-state index in [1.807, 2.05) is 48.6 Å². The molecule has 1 atom stereocenters. The molecule has 6 nitrogen and oxygen atoms in total. The third-order valence-corrected chi connectivity index (χ3v) is 3.19. The van der Waals surface area contributed by atoms with Crippen molar-refractivity contribution in [3.8, 4) is 0 Å². The lowest BCUT2D eigenvalue weighted by Crippen LogP contribution is -2.25. The smallest absolute Gasteiger partial charge is 0.244 e. The van der Waals surface area contributed by atoms with Crippen LogP contribution in [0.15, 0.2) is 30.7 Å². The van der Waals surface area contributed by atoms with Crippen molar-refractivity contribution in [2.75, 3.05) is 0 Å². The van der Waals surface area contributed by atoms with Crippen LogP contribution in [0.3, 0.4) is 0 Å². The molecule has 0 aliphatic carbocycles. The van der Waals surface area contributed by atoms with Crippen LogP contribution in [0, 0.1) is 0 Å². The van der Waals surface area contributed by atoms with Gasteiger partial charge in [0.25, 0.3) is 0 Å². The summed E-state index contributed by atoms with van der Waals surface area (Å²) in [4.78, 5) is 11.9. The van der Waals surface area contributed by atoms with Gasteiger partial charge in [0.2, 0.25) is 5.91 Å². The summed E-state index contributed by atoms with van der Waals surface area (Å²) in [6, 6.07) is 1.80. The summed E-state index contributed by atoms with van der Waals surface area (Å²) in [5.41, 5.74) is 1.77. The Kier molecular flexibility index (Phi) is 4.92. The van der Waals surface area contributed by atoms with Gasteiger partial charge < -0.3 is 5.32 Å². The second-order valence-electron chi connectivity index (χ2n) is 4.79. The number of hydrogen-bond acceptors (Lipinski definition) is 3. The van der Waals surface area contributed by atoms with Crippen LogP contribution in [0.4, 0.5) is 0 Å². The first-order chi connectivity index (χ1) is 10.1. The quantitative estimate of drug-likeness (QED) is 0.827. The predicted octanol–water partition coefficient (Wildman–Crippen LogP) is 2.01. The summed E-state index contributed by atoms with van der Waals surface area (Å²) in [5.74, 6) is -0.141. The van der Waals surface area contributed by atoms with Crippen LogP contribution < -0.4 is 5.32 Å². The number of nitrogens with one attached hydrogen (secondary N) is 1. The Balaban J connectivity index is 1.91. The molecule has 0 saturated heterocycles. The lowest BCUT2D eigenvalue weighted by molar-refractivity contribution is -0.117.